The molecule has 0 amide bonds. The molecule has 0 bridgehead atoms. The van der Waals surface area contributed by atoms with E-state index in [1.54, 1.807) is 0 Å². The second kappa shape index (κ2) is 5.01. The van der Waals surface area contributed by atoms with Gasteiger partial charge in [0.1, 0.15) is 5.82 Å². The van der Waals surface area contributed by atoms with Crippen molar-refractivity contribution < 1.29 is 4.52 Å². The van der Waals surface area contributed by atoms with Crippen LogP contribution in [-0.4, -0.2) is 37.7 Å². The van der Waals surface area contributed by atoms with Gasteiger partial charge in [-0.1, -0.05) is 12.1 Å². The lowest BCUT2D eigenvalue weighted by molar-refractivity contribution is 0.134. The Morgan fingerprint density at radius 3 is 2.65 bits per heavy atom. The van der Waals surface area contributed by atoms with E-state index in [1.165, 1.54) is 0 Å². The molecule has 0 radical (unpaired) electrons. The normalized spacial score (nSPS) is 19.4. The molecule has 1 aliphatic heterocycles. The van der Waals surface area contributed by atoms with Crippen LogP contribution >= 0.6 is 0 Å². The molecule has 2 aromatic rings. The van der Waals surface area contributed by atoms with Gasteiger partial charge in [0.15, 0.2) is 5.82 Å². The van der Waals surface area contributed by atoms with E-state index < -0.39 is 0 Å². The first-order valence-electron chi connectivity index (χ1n) is 7.06. The first kappa shape index (κ1) is 13.3. The summed E-state index contributed by atoms with van der Waals surface area (Å²) in [6.07, 6.45) is 5.92. The van der Waals surface area contributed by atoms with Gasteiger partial charge in [-0.05, 0) is 32.9 Å². The zero-order chi connectivity index (χ0) is 14.2. The van der Waals surface area contributed by atoms with E-state index in [0.29, 0.717) is 0 Å². The summed E-state index contributed by atoms with van der Waals surface area (Å²) in [5.74, 6) is 2.62. The maximum absolute atomic E-state index is 5.37. The Bertz CT molecular complexity index is 580. The Kier molecular flexibility index (Phi) is 3.33. The van der Waals surface area contributed by atoms with Crippen LogP contribution in [0, 0.1) is 6.92 Å². The molecule has 0 atom stereocenters. The molecule has 0 spiro atoms. The van der Waals surface area contributed by atoms with Gasteiger partial charge in [-0.25, -0.2) is 4.98 Å². The molecular weight excluding hydrogens is 254 g/mol. The smallest absolute Gasteiger partial charge is 0.232 e. The van der Waals surface area contributed by atoms with Crippen molar-refractivity contribution in [3.05, 3.63) is 29.9 Å². The van der Waals surface area contributed by atoms with Gasteiger partial charge in [0.25, 0.3) is 0 Å². The van der Waals surface area contributed by atoms with Crippen LogP contribution < -0.4 is 0 Å². The maximum atomic E-state index is 5.37. The molecule has 1 saturated heterocycles. The van der Waals surface area contributed by atoms with Crippen molar-refractivity contribution >= 4 is 0 Å². The quantitative estimate of drug-likeness (QED) is 0.852. The fourth-order valence-electron chi connectivity index (χ4n) is 2.71. The molecule has 3 rings (SSSR count). The zero-order valence-electron chi connectivity index (χ0n) is 12.3. The second-order valence-corrected chi connectivity index (χ2v) is 5.94. The fraction of sp³-hybridized carbons (Fsp3) is 0.643. The molecule has 0 N–H and O–H groups in total. The Morgan fingerprint density at radius 1 is 1.35 bits per heavy atom. The topological polar surface area (TPSA) is 60.0 Å². The number of nitrogens with zero attached hydrogens (tertiary/aromatic N) is 5. The van der Waals surface area contributed by atoms with Crippen molar-refractivity contribution in [1.29, 1.82) is 0 Å². The summed E-state index contributed by atoms with van der Waals surface area (Å²) in [6, 6.07) is 0. The summed E-state index contributed by atoms with van der Waals surface area (Å²) >= 11 is 0. The van der Waals surface area contributed by atoms with E-state index in [9.17, 15) is 0 Å². The highest BCUT2D eigenvalue weighted by atomic mass is 16.5. The monoisotopic (exact) mass is 275 g/mol. The summed E-state index contributed by atoms with van der Waals surface area (Å²) < 4.78 is 7.45. The third kappa shape index (κ3) is 2.47. The Labute approximate surface area is 118 Å². The van der Waals surface area contributed by atoms with Crippen LogP contribution in [0.15, 0.2) is 16.9 Å². The summed E-state index contributed by atoms with van der Waals surface area (Å²) in [4.78, 5) is 11.2. The summed E-state index contributed by atoms with van der Waals surface area (Å²) in [7, 11) is 2.04. The highest BCUT2D eigenvalue weighted by molar-refractivity contribution is 5.05. The van der Waals surface area contributed by atoms with E-state index in [4.69, 9.17) is 4.52 Å². The van der Waals surface area contributed by atoms with Crippen molar-refractivity contribution in [3.8, 4) is 0 Å². The van der Waals surface area contributed by atoms with Gasteiger partial charge in [0.05, 0.1) is 6.54 Å². The lowest BCUT2D eigenvalue weighted by Gasteiger charge is -2.36. The largest absolute Gasteiger partial charge is 0.339 e. The predicted octanol–water partition coefficient (Wildman–Crippen LogP) is 1.67. The molecule has 0 unspecified atom stereocenters. The molecule has 6 nitrogen and oxygen atoms in total. The first-order valence-corrected chi connectivity index (χ1v) is 7.06. The number of aryl methyl sites for hydroxylation is 2. The molecule has 6 heteroatoms. The molecule has 0 aromatic carbocycles. The third-order valence-electron chi connectivity index (χ3n) is 4.29. The molecule has 0 saturated carbocycles. The van der Waals surface area contributed by atoms with Crippen LogP contribution in [0.5, 0.6) is 0 Å². The molecule has 0 aliphatic carbocycles. The minimum absolute atomic E-state index is 0.0133. The maximum Gasteiger partial charge on any atom is 0.232 e. The minimum atomic E-state index is 0.0133. The predicted molar refractivity (Wildman–Crippen MR) is 74.1 cm³/mol. The Morgan fingerprint density at radius 2 is 2.10 bits per heavy atom. The van der Waals surface area contributed by atoms with Gasteiger partial charge in [-0.2, -0.15) is 4.98 Å². The van der Waals surface area contributed by atoms with Crippen molar-refractivity contribution in [2.24, 2.45) is 7.05 Å². The lowest BCUT2D eigenvalue weighted by Crippen LogP contribution is -2.41. The molecule has 108 valence electrons. The zero-order valence-corrected chi connectivity index (χ0v) is 12.3. The van der Waals surface area contributed by atoms with Crippen LogP contribution in [0.1, 0.15) is 37.3 Å². The van der Waals surface area contributed by atoms with E-state index >= 15 is 0 Å². The molecule has 1 fully saturated rings. The standard InChI is InChI=1S/C14H21N5O/c1-11-16-13(20-17-11)14(2)4-7-19(8-5-14)10-12-15-6-9-18(12)3/h6,9H,4-5,7-8,10H2,1-3H3. The SMILES string of the molecule is Cc1noc(C2(C)CCN(Cc3nccn3C)CC2)n1. The van der Waals surface area contributed by atoms with Crippen LogP contribution in [-0.2, 0) is 19.0 Å². The van der Waals surface area contributed by atoms with Gasteiger partial charge in [-0.15, -0.1) is 0 Å². The summed E-state index contributed by atoms with van der Waals surface area (Å²) in [5.41, 5.74) is 0.0133. The van der Waals surface area contributed by atoms with Crippen molar-refractivity contribution in [1.82, 2.24) is 24.6 Å². The number of piperidine rings is 1. The third-order valence-corrected chi connectivity index (χ3v) is 4.29. The van der Waals surface area contributed by atoms with Gasteiger partial charge in [-0.3, -0.25) is 4.90 Å². The van der Waals surface area contributed by atoms with Gasteiger partial charge in [0, 0.05) is 24.9 Å². The second-order valence-electron chi connectivity index (χ2n) is 5.94. The lowest BCUT2D eigenvalue weighted by atomic mass is 9.80. The molecular formula is C14H21N5O. The van der Waals surface area contributed by atoms with Crippen molar-refractivity contribution in [2.45, 2.75) is 38.6 Å². The average molecular weight is 275 g/mol. The van der Waals surface area contributed by atoms with Gasteiger partial charge >= 0.3 is 0 Å². The van der Waals surface area contributed by atoms with E-state index in [0.717, 1.165) is 50.0 Å². The fourth-order valence-corrected chi connectivity index (χ4v) is 2.71. The first-order chi connectivity index (χ1) is 9.57. The number of imidazole rings is 1. The van der Waals surface area contributed by atoms with Crippen LogP contribution in [0.25, 0.3) is 0 Å². The number of likely N-dealkylation sites (tertiary alicyclic amines) is 1. The highest BCUT2D eigenvalue weighted by Gasteiger charge is 2.36. The van der Waals surface area contributed by atoms with Gasteiger partial charge < -0.3 is 9.09 Å². The molecule has 20 heavy (non-hydrogen) atoms. The number of hydrogen-bond donors (Lipinski definition) is 0. The number of rotatable bonds is 3. The number of aromatic nitrogens is 4. The molecule has 1 aliphatic rings. The number of hydrogen-bond acceptors (Lipinski definition) is 5. The van der Waals surface area contributed by atoms with E-state index in [-0.39, 0.29) is 5.41 Å². The van der Waals surface area contributed by atoms with Crippen LogP contribution in [0.2, 0.25) is 0 Å². The Hall–Kier alpha value is -1.69. The Balaban J connectivity index is 1.63. The van der Waals surface area contributed by atoms with Crippen LogP contribution in [0.3, 0.4) is 0 Å². The highest BCUT2D eigenvalue weighted by Crippen LogP contribution is 2.34. The van der Waals surface area contributed by atoms with Crippen LogP contribution in [0.4, 0.5) is 0 Å². The minimum Gasteiger partial charge on any atom is -0.339 e. The van der Waals surface area contributed by atoms with Crippen molar-refractivity contribution in [2.75, 3.05) is 13.1 Å². The van der Waals surface area contributed by atoms with Gasteiger partial charge in [0.2, 0.25) is 5.89 Å². The average Bonchev–Trinajstić information content (AvgIpc) is 3.03. The molecule has 2 aromatic heterocycles. The molecule has 3 heterocycles. The summed E-state index contributed by atoms with van der Waals surface area (Å²) in [6.45, 7) is 7.06. The van der Waals surface area contributed by atoms with E-state index in [1.807, 2.05) is 26.4 Å². The van der Waals surface area contributed by atoms with E-state index in [2.05, 4.69) is 31.5 Å². The van der Waals surface area contributed by atoms with Crippen molar-refractivity contribution in [3.63, 3.8) is 0 Å². The summed E-state index contributed by atoms with van der Waals surface area (Å²) in [5, 5.41) is 3.92.